The fraction of sp³-hybridized carbons (Fsp3) is 0.600. The van der Waals surface area contributed by atoms with E-state index in [0.717, 1.165) is 0 Å². The Hall–Kier alpha value is -2.72. The molecule has 0 aliphatic carbocycles. The minimum Gasteiger partial charge on any atom is -0.463 e. The van der Waals surface area contributed by atoms with Gasteiger partial charge in [-0.2, -0.15) is 5.10 Å². The van der Waals surface area contributed by atoms with Crippen LogP contribution in [0.1, 0.15) is 46.2 Å². The maximum Gasteiger partial charge on any atom is 0.306 e. The second kappa shape index (κ2) is 8.57. The van der Waals surface area contributed by atoms with E-state index in [1.54, 1.807) is 26.0 Å². The first-order valence-corrected chi connectivity index (χ1v) is 9.97. The quantitative estimate of drug-likeness (QED) is 0.633. The molecule has 3 heterocycles. The molecular formula is C20H28N4O6. The van der Waals surface area contributed by atoms with Crippen molar-refractivity contribution in [1.29, 1.82) is 0 Å². The monoisotopic (exact) mass is 420 g/mol. The lowest BCUT2D eigenvalue weighted by Gasteiger charge is -2.27. The zero-order chi connectivity index (χ0) is 22.1. The summed E-state index contributed by atoms with van der Waals surface area (Å²) in [5, 5.41) is 15.3. The second-order valence-corrected chi connectivity index (χ2v) is 7.96. The number of anilines is 1. The van der Waals surface area contributed by atoms with Crippen LogP contribution in [-0.4, -0.2) is 56.6 Å². The summed E-state index contributed by atoms with van der Waals surface area (Å²) < 4.78 is 18.5. The summed E-state index contributed by atoms with van der Waals surface area (Å²) in [6, 6.07) is 3.44. The number of carbonyl (C=O) groups is 2. The van der Waals surface area contributed by atoms with Gasteiger partial charge in [0.15, 0.2) is 11.9 Å². The number of aliphatic hydroxyl groups excluding tert-OH is 1. The van der Waals surface area contributed by atoms with Gasteiger partial charge in [0.2, 0.25) is 0 Å². The predicted octanol–water partition coefficient (Wildman–Crippen LogP) is 1.20. The minimum absolute atomic E-state index is 0.137. The van der Waals surface area contributed by atoms with Crippen molar-refractivity contribution < 1.29 is 28.9 Å². The van der Waals surface area contributed by atoms with E-state index in [0.29, 0.717) is 11.2 Å². The molecule has 0 unspecified atom stereocenters. The first-order valence-electron chi connectivity index (χ1n) is 9.97. The number of hydrogen-bond donors (Lipinski definition) is 2. The summed E-state index contributed by atoms with van der Waals surface area (Å²) in [6.45, 7) is 6.99. The molecule has 164 valence electrons. The van der Waals surface area contributed by atoms with E-state index in [2.05, 4.69) is 10.1 Å². The van der Waals surface area contributed by atoms with Gasteiger partial charge in [-0.05, 0) is 25.0 Å². The number of fused-ring (bicyclic) bond motifs is 1. The summed E-state index contributed by atoms with van der Waals surface area (Å²) >= 11 is 0. The van der Waals surface area contributed by atoms with Crippen molar-refractivity contribution in [3.8, 4) is 0 Å². The van der Waals surface area contributed by atoms with Crippen molar-refractivity contribution in [1.82, 2.24) is 14.6 Å². The van der Waals surface area contributed by atoms with Crippen molar-refractivity contribution in [2.24, 2.45) is 5.92 Å². The average Bonchev–Trinajstić information content (AvgIpc) is 3.22. The van der Waals surface area contributed by atoms with Gasteiger partial charge in [0.1, 0.15) is 36.3 Å². The fourth-order valence-electron chi connectivity index (χ4n) is 3.58. The molecule has 2 aromatic heterocycles. The largest absolute Gasteiger partial charge is 0.463 e. The number of ether oxygens (including phenoxy) is 3. The van der Waals surface area contributed by atoms with Gasteiger partial charge in [0, 0.05) is 12.8 Å². The number of carbonyl (C=O) groups excluding carboxylic acids is 2. The molecule has 0 aromatic carbocycles. The molecule has 4 atom stereocenters. The third-order valence-electron chi connectivity index (χ3n) is 5.17. The van der Waals surface area contributed by atoms with E-state index in [9.17, 15) is 14.7 Å². The van der Waals surface area contributed by atoms with Crippen molar-refractivity contribution in [3.63, 3.8) is 0 Å². The molecule has 30 heavy (non-hydrogen) atoms. The molecule has 10 nitrogen and oxygen atoms in total. The Morgan fingerprint density at radius 2 is 2.10 bits per heavy atom. The topological polar surface area (TPSA) is 138 Å². The van der Waals surface area contributed by atoms with Gasteiger partial charge in [-0.15, -0.1) is 0 Å². The smallest absolute Gasteiger partial charge is 0.306 e. The van der Waals surface area contributed by atoms with Crippen LogP contribution in [0.15, 0.2) is 18.5 Å². The Morgan fingerprint density at radius 1 is 1.37 bits per heavy atom. The van der Waals surface area contributed by atoms with Gasteiger partial charge in [-0.25, -0.2) is 9.50 Å². The number of aliphatic hydroxyl groups is 1. The minimum atomic E-state index is -1.29. The number of rotatable bonds is 7. The van der Waals surface area contributed by atoms with E-state index >= 15 is 0 Å². The van der Waals surface area contributed by atoms with E-state index in [-0.39, 0.29) is 37.2 Å². The molecule has 2 aromatic rings. The molecule has 3 rings (SSSR count). The van der Waals surface area contributed by atoms with Crippen molar-refractivity contribution in [3.05, 3.63) is 24.2 Å². The van der Waals surface area contributed by atoms with Crippen LogP contribution in [0, 0.1) is 5.92 Å². The molecule has 1 aliphatic rings. The third kappa shape index (κ3) is 4.10. The second-order valence-electron chi connectivity index (χ2n) is 7.96. The first-order chi connectivity index (χ1) is 14.2. The Balaban J connectivity index is 1.90. The number of esters is 2. The first kappa shape index (κ1) is 22.0. The number of aromatic nitrogens is 3. The number of nitrogen functional groups attached to an aromatic ring is 1. The molecule has 0 radical (unpaired) electrons. The molecule has 10 heteroatoms. The zero-order valence-electron chi connectivity index (χ0n) is 17.6. The average molecular weight is 420 g/mol. The molecule has 0 amide bonds. The third-order valence-corrected chi connectivity index (χ3v) is 5.17. The van der Waals surface area contributed by atoms with Crippen LogP contribution in [0.25, 0.3) is 5.52 Å². The van der Waals surface area contributed by atoms with Crippen LogP contribution in [-0.2, 0) is 29.4 Å². The van der Waals surface area contributed by atoms with Crippen molar-refractivity contribution >= 4 is 23.3 Å². The summed E-state index contributed by atoms with van der Waals surface area (Å²) in [6.07, 6.45) is -1.39. The normalized spacial score (nSPS) is 26.3. The van der Waals surface area contributed by atoms with Crippen LogP contribution in [0.4, 0.5) is 5.82 Å². The molecule has 1 fully saturated rings. The molecule has 1 saturated heterocycles. The number of nitrogens with two attached hydrogens (primary N) is 1. The van der Waals surface area contributed by atoms with Gasteiger partial charge < -0.3 is 25.1 Å². The SMILES string of the molecule is CCC(=O)O[C@H]1[C@@H](O)[C@](C)(c2ccc3c(N)ncnn23)O[C@@H]1COC(=O)CC(C)C. The highest BCUT2D eigenvalue weighted by molar-refractivity contribution is 5.70. The summed E-state index contributed by atoms with van der Waals surface area (Å²) in [7, 11) is 0. The number of hydrogen-bond acceptors (Lipinski definition) is 9. The Bertz CT molecular complexity index is 929. The van der Waals surface area contributed by atoms with Crippen molar-refractivity contribution in [2.75, 3.05) is 12.3 Å². The number of nitrogens with zero attached hydrogens (tertiary/aromatic N) is 3. The highest BCUT2D eigenvalue weighted by Gasteiger charge is 2.56. The fourth-order valence-corrected chi connectivity index (χ4v) is 3.58. The zero-order valence-corrected chi connectivity index (χ0v) is 17.6. The van der Waals surface area contributed by atoms with E-state index in [1.807, 2.05) is 13.8 Å². The van der Waals surface area contributed by atoms with Gasteiger partial charge >= 0.3 is 11.9 Å². The highest BCUT2D eigenvalue weighted by Crippen LogP contribution is 2.41. The standard InChI is InChI=1S/C20H28N4O6/c1-5-15(25)29-17-13(9-28-16(26)8-11(2)3)30-20(4,18(17)27)14-7-6-12-19(21)22-10-23-24(12)14/h6-7,10-11,13,17-18,27H,5,8-9H2,1-4H3,(H2,21,22,23)/t13-,17-,18-,20+/m1/s1. The Kier molecular flexibility index (Phi) is 6.27. The van der Waals surface area contributed by atoms with E-state index < -0.39 is 29.9 Å². The van der Waals surface area contributed by atoms with Crippen LogP contribution in [0.3, 0.4) is 0 Å². The van der Waals surface area contributed by atoms with Crippen LogP contribution in [0.2, 0.25) is 0 Å². The molecule has 3 N–H and O–H groups in total. The van der Waals surface area contributed by atoms with Crippen LogP contribution < -0.4 is 5.73 Å². The Labute approximate surface area is 174 Å². The lowest BCUT2D eigenvalue weighted by Crippen LogP contribution is -2.42. The predicted molar refractivity (Wildman–Crippen MR) is 106 cm³/mol. The highest BCUT2D eigenvalue weighted by atomic mass is 16.6. The maximum atomic E-state index is 12.0. The maximum absolute atomic E-state index is 12.0. The summed E-state index contributed by atoms with van der Waals surface area (Å²) in [4.78, 5) is 27.9. The van der Waals surface area contributed by atoms with Gasteiger partial charge in [-0.1, -0.05) is 20.8 Å². The van der Waals surface area contributed by atoms with Crippen LogP contribution in [0.5, 0.6) is 0 Å². The molecule has 0 bridgehead atoms. The molecule has 0 saturated carbocycles. The van der Waals surface area contributed by atoms with Gasteiger partial charge in [-0.3, -0.25) is 9.59 Å². The summed E-state index contributed by atoms with van der Waals surface area (Å²) in [5.41, 5.74) is 5.67. The molecular weight excluding hydrogens is 392 g/mol. The van der Waals surface area contributed by atoms with Gasteiger partial charge in [0.05, 0.1) is 5.69 Å². The lowest BCUT2D eigenvalue weighted by molar-refractivity contribution is -0.160. The summed E-state index contributed by atoms with van der Waals surface area (Å²) in [5.74, 6) is -0.452. The molecule has 0 spiro atoms. The molecule has 1 aliphatic heterocycles. The van der Waals surface area contributed by atoms with Crippen molar-refractivity contribution in [2.45, 2.75) is 64.4 Å². The van der Waals surface area contributed by atoms with Crippen LogP contribution >= 0.6 is 0 Å². The Morgan fingerprint density at radius 3 is 2.77 bits per heavy atom. The van der Waals surface area contributed by atoms with E-state index in [1.165, 1.54) is 10.8 Å². The van der Waals surface area contributed by atoms with Gasteiger partial charge in [0.25, 0.3) is 0 Å². The van der Waals surface area contributed by atoms with E-state index in [4.69, 9.17) is 19.9 Å². The lowest BCUT2D eigenvalue weighted by atomic mass is 9.93.